The molecule has 21 heavy (non-hydrogen) atoms. The predicted octanol–water partition coefficient (Wildman–Crippen LogP) is 2.90. The third kappa shape index (κ3) is 3.64. The lowest BCUT2D eigenvalue weighted by molar-refractivity contribution is -0.384. The molecule has 0 aliphatic heterocycles. The van der Waals surface area contributed by atoms with Crippen LogP contribution >= 0.6 is 23.2 Å². The fourth-order valence-electron chi connectivity index (χ4n) is 2.43. The van der Waals surface area contributed by atoms with E-state index in [9.17, 15) is 14.9 Å². The highest BCUT2D eigenvalue weighted by Crippen LogP contribution is 2.31. The minimum absolute atomic E-state index is 0.00384. The molecule has 1 fully saturated rings. The lowest BCUT2D eigenvalue weighted by Gasteiger charge is -2.29. The first-order valence-electron chi connectivity index (χ1n) is 6.60. The Kier molecular flexibility index (Phi) is 5.03. The van der Waals surface area contributed by atoms with E-state index in [0.717, 1.165) is 37.8 Å². The number of benzene rings is 1. The van der Waals surface area contributed by atoms with Gasteiger partial charge in [-0.15, -0.1) is 0 Å². The summed E-state index contributed by atoms with van der Waals surface area (Å²) in [6.07, 6.45) is 3.65. The van der Waals surface area contributed by atoms with Crippen LogP contribution in [0, 0.1) is 10.1 Å². The van der Waals surface area contributed by atoms with Crippen LogP contribution in [0.3, 0.4) is 0 Å². The largest absolute Gasteiger partial charge is 0.348 e. The van der Waals surface area contributed by atoms with Crippen molar-refractivity contribution in [1.29, 1.82) is 0 Å². The van der Waals surface area contributed by atoms with Crippen LogP contribution in [0.25, 0.3) is 0 Å². The maximum atomic E-state index is 12.3. The third-order valence-corrected chi connectivity index (χ3v) is 4.41. The molecular formula is C13H15Cl2N3O3. The average Bonchev–Trinajstić information content (AvgIpc) is 2.43. The molecule has 1 aromatic carbocycles. The van der Waals surface area contributed by atoms with Gasteiger partial charge in [-0.3, -0.25) is 14.9 Å². The first-order chi connectivity index (χ1) is 9.90. The molecule has 114 valence electrons. The van der Waals surface area contributed by atoms with Crippen molar-refractivity contribution >= 4 is 34.8 Å². The highest BCUT2D eigenvalue weighted by Gasteiger charge is 2.26. The summed E-state index contributed by atoms with van der Waals surface area (Å²) in [7, 11) is 0. The van der Waals surface area contributed by atoms with Crippen molar-refractivity contribution in [3.63, 3.8) is 0 Å². The van der Waals surface area contributed by atoms with E-state index >= 15 is 0 Å². The molecule has 0 saturated heterocycles. The molecule has 8 heteroatoms. The number of non-ortho nitro benzene ring substituents is 1. The van der Waals surface area contributed by atoms with Gasteiger partial charge >= 0.3 is 0 Å². The maximum Gasteiger partial charge on any atom is 0.271 e. The minimum atomic E-state index is -0.620. The number of rotatable bonds is 3. The van der Waals surface area contributed by atoms with Crippen molar-refractivity contribution in [2.45, 2.75) is 37.8 Å². The molecule has 0 heterocycles. The molecule has 1 amide bonds. The van der Waals surface area contributed by atoms with E-state index in [2.05, 4.69) is 5.32 Å². The van der Waals surface area contributed by atoms with E-state index in [1.165, 1.54) is 0 Å². The topological polar surface area (TPSA) is 98.3 Å². The van der Waals surface area contributed by atoms with Crippen LogP contribution in [0.1, 0.15) is 36.0 Å². The van der Waals surface area contributed by atoms with E-state index in [-0.39, 0.29) is 33.4 Å². The Balaban J connectivity index is 2.24. The first-order valence-corrected chi connectivity index (χ1v) is 7.35. The summed E-state index contributed by atoms with van der Waals surface area (Å²) in [5.41, 5.74) is 5.69. The summed E-state index contributed by atoms with van der Waals surface area (Å²) in [5, 5.41) is 13.6. The van der Waals surface area contributed by atoms with Gasteiger partial charge in [-0.25, -0.2) is 0 Å². The molecule has 0 radical (unpaired) electrons. The van der Waals surface area contributed by atoms with Gasteiger partial charge in [-0.1, -0.05) is 36.0 Å². The molecule has 2 rings (SSSR count). The molecule has 6 nitrogen and oxygen atoms in total. The molecule has 1 aromatic rings. The number of nitro benzene ring substituents is 1. The zero-order valence-electron chi connectivity index (χ0n) is 11.1. The Morgan fingerprint density at radius 3 is 2.62 bits per heavy atom. The van der Waals surface area contributed by atoms with Crippen LogP contribution in [0.15, 0.2) is 12.1 Å². The summed E-state index contributed by atoms with van der Waals surface area (Å²) in [5.74, 6) is -0.493. The molecular weight excluding hydrogens is 317 g/mol. The van der Waals surface area contributed by atoms with Crippen LogP contribution in [-0.4, -0.2) is 22.9 Å². The van der Waals surface area contributed by atoms with Crippen LogP contribution in [0.2, 0.25) is 10.0 Å². The number of nitrogens with two attached hydrogens (primary N) is 1. The molecule has 2 atom stereocenters. The molecule has 0 bridgehead atoms. The zero-order valence-corrected chi connectivity index (χ0v) is 12.7. The second-order valence-corrected chi connectivity index (χ2v) is 5.86. The number of amides is 1. The van der Waals surface area contributed by atoms with Crippen LogP contribution < -0.4 is 11.1 Å². The van der Waals surface area contributed by atoms with Gasteiger partial charge in [0.1, 0.15) is 0 Å². The van der Waals surface area contributed by atoms with E-state index in [1.54, 1.807) is 0 Å². The van der Waals surface area contributed by atoms with Gasteiger partial charge in [-0.05, 0) is 12.8 Å². The maximum absolute atomic E-state index is 12.3. The smallest absolute Gasteiger partial charge is 0.271 e. The van der Waals surface area contributed by atoms with Gasteiger partial charge in [0, 0.05) is 24.2 Å². The van der Waals surface area contributed by atoms with Crippen LogP contribution in [0.4, 0.5) is 5.69 Å². The monoisotopic (exact) mass is 331 g/mol. The summed E-state index contributed by atoms with van der Waals surface area (Å²) in [6.45, 7) is 0. The van der Waals surface area contributed by atoms with Gasteiger partial charge < -0.3 is 11.1 Å². The normalized spacial score (nSPS) is 21.9. The second-order valence-electron chi connectivity index (χ2n) is 5.07. The summed E-state index contributed by atoms with van der Waals surface area (Å²) in [4.78, 5) is 22.5. The number of halogens is 2. The van der Waals surface area contributed by atoms with Gasteiger partial charge in [0.05, 0.1) is 20.5 Å². The SMILES string of the molecule is N[C@@H]1CCCC[C@H]1NC(=O)c1cc([N+](=O)[O-])cc(Cl)c1Cl. The van der Waals surface area contributed by atoms with Crippen LogP contribution in [-0.2, 0) is 0 Å². The van der Waals surface area contributed by atoms with Crippen molar-refractivity contribution in [1.82, 2.24) is 5.32 Å². The number of hydrogen-bond donors (Lipinski definition) is 2. The highest BCUT2D eigenvalue weighted by atomic mass is 35.5. The average molecular weight is 332 g/mol. The predicted molar refractivity (Wildman–Crippen MR) is 80.8 cm³/mol. The molecule has 1 saturated carbocycles. The Bertz CT molecular complexity index is 580. The number of carbonyl (C=O) groups is 1. The highest BCUT2D eigenvalue weighted by molar-refractivity contribution is 6.44. The van der Waals surface area contributed by atoms with Crippen LogP contribution in [0.5, 0.6) is 0 Å². The molecule has 1 aliphatic rings. The third-order valence-electron chi connectivity index (χ3n) is 3.60. The van der Waals surface area contributed by atoms with Gasteiger partial charge in [0.25, 0.3) is 11.6 Å². The Labute approximate surface area is 131 Å². The quantitative estimate of drug-likeness (QED) is 0.657. The number of nitro groups is 1. The van der Waals surface area contributed by atoms with Crippen molar-refractivity contribution in [3.05, 3.63) is 37.9 Å². The van der Waals surface area contributed by atoms with Gasteiger partial charge in [0.2, 0.25) is 0 Å². The van der Waals surface area contributed by atoms with Crippen molar-refractivity contribution in [2.75, 3.05) is 0 Å². The van der Waals surface area contributed by atoms with Crippen molar-refractivity contribution < 1.29 is 9.72 Å². The van der Waals surface area contributed by atoms with E-state index in [4.69, 9.17) is 28.9 Å². The Hall–Kier alpha value is -1.37. The second kappa shape index (κ2) is 6.60. The van der Waals surface area contributed by atoms with Crippen molar-refractivity contribution in [3.8, 4) is 0 Å². The summed E-state index contributed by atoms with van der Waals surface area (Å²) < 4.78 is 0. The Morgan fingerprint density at radius 1 is 1.33 bits per heavy atom. The number of carbonyl (C=O) groups excluding carboxylic acids is 1. The molecule has 3 N–H and O–H groups in total. The summed E-state index contributed by atoms with van der Waals surface area (Å²) in [6, 6.07) is 1.97. The first kappa shape index (κ1) is 16.0. The van der Waals surface area contributed by atoms with E-state index < -0.39 is 10.8 Å². The lowest BCUT2D eigenvalue weighted by Crippen LogP contribution is -2.49. The zero-order chi connectivity index (χ0) is 15.6. The van der Waals surface area contributed by atoms with Gasteiger partial charge in [0.15, 0.2) is 0 Å². The lowest BCUT2D eigenvalue weighted by atomic mass is 9.91. The summed E-state index contributed by atoms with van der Waals surface area (Å²) >= 11 is 11.8. The molecule has 0 unspecified atom stereocenters. The minimum Gasteiger partial charge on any atom is -0.348 e. The fourth-order valence-corrected chi connectivity index (χ4v) is 2.84. The molecule has 0 spiro atoms. The standard InChI is InChI=1S/C13H15Cl2N3O3/c14-9-6-7(18(20)21)5-8(12(9)15)13(19)17-11-4-2-1-3-10(11)16/h5-6,10-11H,1-4,16H2,(H,17,19)/t10-,11-/m1/s1. The molecule has 0 aromatic heterocycles. The number of hydrogen-bond acceptors (Lipinski definition) is 4. The van der Waals surface area contributed by atoms with E-state index in [1.807, 2.05) is 0 Å². The van der Waals surface area contributed by atoms with E-state index in [0.29, 0.717) is 0 Å². The number of nitrogens with zero attached hydrogens (tertiary/aromatic N) is 1. The Morgan fingerprint density at radius 2 is 2.00 bits per heavy atom. The number of nitrogens with one attached hydrogen (secondary N) is 1. The fraction of sp³-hybridized carbons (Fsp3) is 0.462. The van der Waals surface area contributed by atoms with Crippen molar-refractivity contribution in [2.24, 2.45) is 5.73 Å². The molecule has 1 aliphatic carbocycles. The van der Waals surface area contributed by atoms with Gasteiger partial charge in [-0.2, -0.15) is 0 Å².